The Balaban J connectivity index is 1.85. The van der Waals surface area contributed by atoms with Crippen molar-refractivity contribution in [1.29, 1.82) is 0 Å². The van der Waals surface area contributed by atoms with Gasteiger partial charge in [-0.3, -0.25) is 10.0 Å². The van der Waals surface area contributed by atoms with E-state index in [-0.39, 0.29) is 16.9 Å². The number of hydrogen-bond donors (Lipinski definition) is 2. The molecule has 1 amide bonds. The van der Waals surface area contributed by atoms with Gasteiger partial charge in [-0.25, -0.2) is 13.9 Å². The summed E-state index contributed by atoms with van der Waals surface area (Å²) >= 11 is 1.29. The number of carbonyl (C=O) groups is 1. The van der Waals surface area contributed by atoms with Crippen molar-refractivity contribution in [3.05, 3.63) is 51.2 Å². The molecule has 0 atom stereocenters. The van der Waals surface area contributed by atoms with Gasteiger partial charge in [-0.05, 0) is 41.2 Å². The van der Waals surface area contributed by atoms with Crippen LogP contribution in [0.25, 0.3) is 0 Å². The Kier molecular flexibility index (Phi) is 4.96. The van der Waals surface area contributed by atoms with Crippen LogP contribution < -0.4 is 5.48 Å². The van der Waals surface area contributed by atoms with Crippen molar-refractivity contribution in [2.75, 3.05) is 6.54 Å². The van der Waals surface area contributed by atoms with E-state index < -0.39 is 15.9 Å². The summed E-state index contributed by atoms with van der Waals surface area (Å²) in [6.45, 7) is 6.85. The highest BCUT2D eigenvalue weighted by Gasteiger charge is 2.30. The number of rotatable bonds is 3. The van der Waals surface area contributed by atoms with Crippen molar-refractivity contribution in [3.8, 4) is 0 Å². The first kappa shape index (κ1) is 19.0. The van der Waals surface area contributed by atoms with Crippen LogP contribution in [0.4, 0.5) is 0 Å². The van der Waals surface area contributed by atoms with Gasteiger partial charge in [0.1, 0.15) is 0 Å². The highest BCUT2D eigenvalue weighted by molar-refractivity contribution is 7.89. The summed E-state index contributed by atoms with van der Waals surface area (Å²) in [4.78, 5) is 13.2. The second-order valence-corrected chi connectivity index (χ2v) is 10.4. The smallest absolute Gasteiger partial charge is 0.284 e. The topological polar surface area (TPSA) is 86.7 Å². The van der Waals surface area contributed by atoms with E-state index in [4.69, 9.17) is 5.21 Å². The fraction of sp³-hybridized carbons (Fsp3) is 0.389. The standard InChI is InChI=1S/C18H22N2O4S2/c1-18(2,3)13-4-6-14(7-5-13)26(23,24)20-9-8-15-12(11-20)10-16(25-15)17(21)19-22/h4-7,10,22H,8-9,11H2,1-3H3,(H,19,21). The van der Waals surface area contributed by atoms with Crippen LogP contribution in [-0.2, 0) is 28.4 Å². The Labute approximate surface area is 157 Å². The number of carbonyl (C=O) groups excluding carboxylic acids is 1. The summed E-state index contributed by atoms with van der Waals surface area (Å²) in [6.07, 6.45) is 0.554. The first-order valence-corrected chi connectivity index (χ1v) is 10.6. The minimum Gasteiger partial charge on any atom is -0.288 e. The highest BCUT2D eigenvalue weighted by Crippen LogP contribution is 2.31. The Morgan fingerprint density at radius 3 is 2.46 bits per heavy atom. The van der Waals surface area contributed by atoms with Gasteiger partial charge in [0.2, 0.25) is 10.0 Å². The predicted octanol–water partition coefficient (Wildman–Crippen LogP) is 2.91. The van der Waals surface area contributed by atoms with Crippen molar-refractivity contribution in [2.45, 2.75) is 44.0 Å². The van der Waals surface area contributed by atoms with E-state index in [2.05, 4.69) is 20.8 Å². The van der Waals surface area contributed by atoms with Gasteiger partial charge in [-0.15, -0.1) is 11.3 Å². The molecule has 2 aromatic rings. The van der Waals surface area contributed by atoms with Crippen LogP contribution in [0, 0.1) is 0 Å². The number of hydrogen-bond acceptors (Lipinski definition) is 5. The average molecular weight is 395 g/mol. The summed E-state index contributed by atoms with van der Waals surface area (Å²) in [5, 5.41) is 8.76. The normalized spacial score (nSPS) is 15.5. The van der Waals surface area contributed by atoms with E-state index >= 15 is 0 Å². The van der Waals surface area contributed by atoms with Crippen LogP contribution in [0.2, 0.25) is 0 Å². The number of thiophene rings is 1. The van der Waals surface area contributed by atoms with Gasteiger partial charge in [-0.2, -0.15) is 4.31 Å². The monoisotopic (exact) mass is 394 g/mol. The predicted molar refractivity (Wildman–Crippen MR) is 100 cm³/mol. The van der Waals surface area contributed by atoms with Crippen LogP contribution in [0.5, 0.6) is 0 Å². The van der Waals surface area contributed by atoms with Crippen molar-refractivity contribution in [1.82, 2.24) is 9.79 Å². The van der Waals surface area contributed by atoms with E-state index in [1.807, 2.05) is 12.1 Å². The summed E-state index contributed by atoms with van der Waals surface area (Å²) in [5.74, 6) is -0.573. The van der Waals surface area contributed by atoms with E-state index in [1.165, 1.54) is 15.6 Å². The molecular formula is C18H22N2O4S2. The Hall–Kier alpha value is -1.74. The lowest BCUT2D eigenvalue weighted by molar-refractivity contribution is 0.0711. The Morgan fingerprint density at radius 1 is 1.23 bits per heavy atom. The van der Waals surface area contributed by atoms with Gasteiger partial charge < -0.3 is 0 Å². The zero-order chi connectivity index (χ0) is 19.1. The minimum atomic E-state index is -3.60. The van der Waals surface area contributed by atoms with Crippen LogP contribution in [0.1, 0.15) is 46.4 Å². The molecule has 0 unspecified atom stereocenters. The highest BCUT2D eigenvalue weighted by atomic mass is 32.2. The third-order valence-electron chi connectivity index (χ3n) is 4.52. The number of nitrogens with one attached hydrogen (secondary N) is 1. The molecule has 0 saturated heterocycles. The first-order chi connectivity index (χ1) is 12.1. The van der Waals surface area contributed by atoms with Gasteiger partial charge in [0.05, 0.1) is 9.77 Å². The van der Waals surface area contributed by atoms with Gasteiger partial charge in [-0.1, -0.05) is 32.9 Å². The largest absolute Gasteiger partial charge is 0.288 e. The number of amides is 1. The van der Waals surface area contributed by atoms with Gasteiger partial charge in [0, 0.05) is 18.0 Å². The molecular weight excluding hydrogens is 372 g/mol. The van der Waals surface area contributed by atoms with Crippen molar-refractivity contribution >= 4 is 27.3 Å². The molecule has 3 rings (SSSR count). The second kappa shape index (κ2) is 6.77. The maximum absolute atomic E-state index is 13.0. The van der Waals surface area contributed by atoms with Crippen molar-refractivity contribution in [2.24, 2.45) is 0 Å². The van der Waals surface area contributed by atoms with Crippen LogP contribution in [-0.4, -0.2) is 30.4 Å². The number of hydroxylamine groups is 1. The summed E-state index contributed by atoms with van der Waals surface area (Å²) in [7, 11) is -3.60. The molecule has 1 aliphatic heterocycles. The molecule has 0 spiro atoms. The third-order valence-corrected chi connectivity index (χ3v) is 7.61. The van der Waals surface area contributed by atoms with Crippen molar-refractivity contribution in [3.63, 3.8) is 0 Å². The molecule has 0 aliphatic carbocycles. The molecule has 1 aromatic carbocycles. The molecule has 2 N–H and O–H groups in total. The maximum atomic E-state index is 13.0. The van der Waals surface area contributed by atoms with Crippen LogP contribution in [0.3, 0.4) is 0 Å². The third kappa shape index (κ3) is 3.55. The van der Waals surface area contributed by atoms with Gasteiger partial charge in [0.15, 0.2) is 0 Å². The molecule has 2 heterocycles. The van der Waals surface area contributed by atoms with Crippen LogP contribution >= 0.6 is 11.3 Å². The molecule has 0 saturated carbocycles. The molecule has 1 aliphatic rings. The fourth-order valence-electron chi connectivity index (χ4n) is 2.96. The molecule has 0 bridgehead atoms. The van der Waals surface area contributed by atoms with Gasteiger partial charge >= 0.3 is 0 Å². The average Bonchev–Trinajstić information content (AvgIpc) is 3.03. The SMILES string of the molecule is CC(C)(C)c1ccc(S(=O)(=O)N2CCc3sc(C(=O)NO)cc3C2)cc1. The summed E-state index contributed by atoms with van der Waals surface area (Å²) in [5.41, 5.74) is 3.47. The number of nitrogens with zero attached hydrogens (tertiary/aromatic N) is 1. The molecule has 140 valence electrons. The first-order valence-electron chi connectivity index (χ1n) is 8.29. The lowest BCUT2D eigenvalue weighted by atomic mass is 9.87. The lowest BCUT2D eigenvalue weighted by Gasteiger charge is -2.26. The maximum Gasteiger partial charge on any atom is 0.284 e. The minimum absolute atomic E-state index is 0.0390. The van der Waals surface area contributed by atoms with Gasteiger partial charge in [0.25, 0.3) is 5.91 Å². The van der Waals surface area contributed by atoms with E-state index in [1.54, 1.807) is 23.7 Å². The molecule has 0 fully saturated rings. The molecule has 6 nitrogen and oxygen atoms in total. The second-order valence-electron chi connectivity index (χ2n) is 7.36. The molecule has 26 heavy (non-hydrogen) atoms. The summed E-state index contributed by atoms with van der Waals surface area (Å²) < 4.78 is 27.4. The summed E-state index contributed by atoms with van der Waals surface area (Å²) in [6, 6.07) is 8.68. The Morgan fingerprint density at radius 2 is 1.88 bits per heavy atom. The molecule has 1 aromatic heterocycles. The van der Waals surface area contributed by atoms with E-state index in [0.29, 0.717) is 17.8 Å². The zero-order valence-electron chi connectivity index (χ0n) is 14.9. The van der Waals surface area contributed by atoms with E-state index in [9.17, 15) is 13.2 Å². The zero-order valence-corrected chi connectivity index (χ0v) is 16.6. The quantitative estimate of drug-likeness (QED) is 0.619. The fourth-order valence-corrected chi connectivity index (χ4v) is 5.43. The molecule has 8 heteroatoms. The van der Waals surface area contributed by atoms with Crippen molar-refractivity contribution < 1.29 is 18.4 Å². The van der Waals surface area contributed by atoms with Crippen LogP contribution in [0.15, 0.2) is 35.2 Å². The van der Waals surface area contributed by atoms with E-state index in [0.717, 1.165) is 16.0 Å². The number of sulfonamides is 1. The molecule has 0 radical (unpaired) electrons. The lowest BCUT2D eigenvalue weighted by Crippen LogP contribution is -2.35. The number of benzene rings is 1. The number of fused-ring (bicyclic) bond motifs is 1. The Bertz CT molecular complexity index is 925.